The summed E-state index contributed by atoms with van der Waals surface area (Å²) in [6, 6.07) is 1.77. The fraction of sp³-hybridized carbons (Fsp3) is 0.231. The van der Waals surface area contributed by atoms with E-state index in [2.05, 4.69) is 9.97 Å². The van der Waals surface area contributed by atoms with Crippen molar-refractivity contribution in [1.29, 1.82) is 0 Å². The third kappa shape index (κ3) is 1.33. The Morgan fingerprint density at radius 2 is 2.22 bits per heavy atom. The standard InChI is InChI=1S/C13H13N3O2/c1-6(2)9-10(14)13(17)16-11-7-5-15-4-3-8(7)18-12(9)11/h3-6H,14H2,1-2H3,(H,16,17). The molecule has 3 rings (SSSR count). The fourth-order valence-corrected chi connectivity index (χ4v) is 2.25. The van der Waals surface area contributed by atoms with E-state index in [0.29, 0.717) is 16.7 Å². The molecule has 92 valence electrons. The molecule has 0 bridgehead atoms. The fourth-order valence-electron chi connectivity index (χ4n) is 2.25. The monoisotopic (exact) mass is 243 g/mol. The molecule has 3 N–H and O–H groups in total. The number of nitrogens with zero attached hydrogens (tertiary/aromatic N) is 1. The molecule has 0 aliphatic heterocycles. The van der Waals surface area contributed by atoms with Crippen molar-refractivity contribution >= 4 is 27.8 Å². The zero-order chi connectivity index (χ0) is 12.9. The van der Waals surface area contributed by atoms with Crippen molar-refractivity contribution < 1.29 is 4.42 Å². The second kappa shape index (κ2) is 3.60. The number of hydrogen-bond acceptors (Lipinski definition) is 4. The molecule has 0 amide bonds. The second-order valence-electron chi connectivity index (χ2n) is 4.61. The molecule has 0 fully saturated rings. The van der Waals surface area contributed by atoms with Gasteiger partial charge in [-0.3, -0.25) is 9.78 Å². The Hall–Kier alpha value is -2.30. The first kappa shape index (κ1) is 10.8. The van der Waals surface area contributed by atoms with Crippen molar-refractivity contribution in [2.45, 2.75) is 19.8 Å². The van der Waals surface area contributed by atoms with Gasteiger partial charge in [-0.1, -0.05) is 13.8 Å². The maximum atomic E-state index is 11.9. The molecule has 0 radical (unpaired) electrons. The van der Waals surface area contributed by atoms with Crippen molar-refractivity contribution in [3.63, 3.8) is 0 Å². The smallest absolute Gasteiger partial charge is 0.272 e. The van der Waals surface area contributed by atoms with Crippen LogP contribution >= 0.6 is 0 Å². The molecule has 5 heteroatoms. The van der Waals surface area contributed by atoms with Crippen LogP contribution in [-0.2, 0) is 0 Å². The summed E-state index contributed by atoms with van der Waals surface area (Å²) < 4.78 is 5.79. The van der Waals surface area contributed by atoms with Gasteiger partial charge in [0.15, 0.2) is 5.58 Å². The summed E-state index contributed by atoms with van der Waals surface area (Å²) >= 11 is 0. The minimum atomic E-state index is -0.280. The van der Waals surface area contributed by atoms with Crippen LogP contribution in [0.25, 0.3) is 22.1 Å². The van der Waals surface area contributed by atoms with E-state index in [4.69, 9.17) is 10.2 Å². The zero-order valence-electron chi connectivity index (χ0n) is 10.2. The third-order valence-corrected chi connectivity index (χ3v) is 3.08. The van der Waals surface area contributed by atoms with Crippen LogP contribution < -0.4 is 11.3 Å². The molecule has 0 spiro atoms. The van der Waals surface area contributed by atoms with Gasteiger partial charge >= 0.3 is 0 Å². The van der Waals surface area contributed by atoms with Gasteiger partial charge < -0.3 is 15.1 Å². The molecule has 3 heterocycles. The number of pyridine rings is 2. The molecule has 0 atom stereocenters. The largest absolute Gasteiger partial charge is 0.454 e. The molecule has 18 heavy (non-hydrogen) atoms. The predicted octanol–water partition coefficient (Wildman–Crippen LogP) is 2.37. The van der Waals surface area contributed by atoms with Crippen LogP contribution in [0.4, 0.5) is 5.69 Å². The molecular weight excluding hydrogens is 230 g/mol. The topological polar surface area (TPSA) is 84.9 Å². The van der Waals surface area contributed by atoms with Crippen molar-refractivity contribution in [3.8, 4) is 0 Å². The number of aromatic amines is 1. The Morgan fingerprint density at radius 1 is 1.44 bits per heavy atom. The number of fused-ring (bicyclic) bond motifs is 3. The summed E-state index contributed by atoms with van der Waals surface area (Å²) in [6.07, 6.45) is 3.33. The molecule has 0 unspecified atom stereocenters. The average Bonchev–Trinajstić information content (AvgIpc) is 2.68. The van der Waals surface area contributed by atoms with Crippen LogP contribution in [-0.4, -0.2) is 9.97 Å². The number of H-pyrrole nitrogens is 1. The van der Waals surface area contributed by atoms with E-state index in [1.807, 2.05) is 13.8 Å². The van der Waals surface area contributed by atoms with Crippen molar-refractivity contribution in [1.82, 2.24) is 9.97 Å². The SMILES string of the molecule is CC(C)c1c(N)c(=O)[nH]c2c1oc1ccncc12. The van der Waals surface area contributed by atoms with Gasteiger partial charge in [0.2, 0.25) is 0 Å². The third-order valence-electron chi connectivity index (χ3n) is 3.08. The summed E-state index contributed by atoms with van der Waals surface area (Å²) in [5.41, 5.74) is 8.56. The van der Waals surface area contributed by atoms with Gasteiger partial charge in [-0.15, -0.1) is 0 Å². The predicted molar refractivity (Wildman–Crippen MR) is 70.6 cm³/mol. The second-order valence-corrected chi connectivity index (χ2v) is 4.61. The van der Waals surface area contributed by atoms with Gasteiger partial charge in [0.05, 0.1) is 10.9 Å². The van der Waals surface area contributed by atoms with Gasteiger partial charge in [0.25, 0.3) is 5.56 Å². The quantitative estimate of drug-likeness (QED) is 0.687. The summed E-state index contributed by atoms with van der Waals surface area (Å²) in [5.74, 6) is 0.114. The Labute approximate surface area is 103 Å². The zero-order valence-corrected chi connectivity index (χ0v) is 10.2. The van der Waals surface area contributed by atoms with E-state index in [1.54, 1.807) is 18.5 Å². The van der Waals surface area contributed by atoms with E-state index in [1.165, 1.54) is 0 Å². The van der Waals surface area contributed by atoms with Crippen LogP contribution in [0.15, 0.2) is 27.7 Å². The Morgan fingerprint density at radius 3 is 2.94 bits per heavy atom. The van der Waals surface area contributed by atoms with Crippen LogP contribution in [0.5, 0.6) is 0 Å². The maximum Gasteiger partial charge on any atom is 0.272 e. The van der Waals surface area contributed by atoms with Gasteiger partial charge in [-0.05, 0) is 12.0 Å². The first-order valence-electron chi connectivity index (χ1n) is 5.77. The van der Waals surface area contributed by atoms with Crippen LogP contribution in [0.3, 0.4) is 0 Å². The number of nitrogens with two attached hydrogens (primary N) is 1. The summed E-state index contributed by atoms with van der Waals surface area (Å²) in [4.78, 5) is 18.7. The minimum Gasteiger partial charge on any atom is -0.454 e. The number of nitrogens with one attached hydrogen (secondary N) is 1. The van der Waals surface area contributed by atoms with Crippen molar-refractivity contribution in [2.75, 3.05) is 5.73 Å². The minimum absolute atomic E-state index is 0.114. The van der Waals surface area contributed by atoms with E-state index < -0.39 is 0 Å². The number of furan rings is 1. The van der Waals surface area contributed by atoms with Gasteiger partial charge in [-0.25, -0.2) is 0 Å². The van der Waals surface area contributed by atoms with Gasteiger partial charge in [-0.2, -0.15) is 0 Å². The van der Waals surface area contributed by atoms with E-state index >= 15 is 0 Å². The van der Waals surface area contributed by atoms with E-state index in [-0.39, 0.29) is 17.2 Å². The first-order chi connectivity index (χ1) is 8.59. The Bertz CT molecular complexity index is 799. The maximum absolute atomic E-state index is 11.9. The number of anilines is 1. The molecule has 0 aliphatic rings. The van der Waals surface area contributed by atoms with E-state index in [9.17, 15) is 4.79 Å². The van der Waals surface area contributed by atoms with Crippen LogP contribution in [0, 0.1) is 0 Å². The van der Waals surface area contributed by atoms with Crippen molar-refractivity contribution in [3.05, 3.63) is 34.4 Å². The number of nitrogen functional groups attached to an aromatic ring is 1. The lowest BCUT2D eigenvalue weighted by atomic mass is 10.0. The summed E-state index contributed by atoms with van der Waals surface area (Å²) in [5, 5.41) is 0.798. The highest BCUT2D eigenvalue weighted by atomic mass is 16.3. The molecule has 3 aromatic rings. The number of hydrogen-bond donors (Lipinski definition) is 2. The first-order valence-corrected chi connectivity index (χ1v) is 5.77. The lowest BCUT2D eigenvalue weighted by molar-refractivity contribution is 0.656. The molecule has 0 saturated carbocycles. The summed E-state index contributed by atoms with van der Waals surface area (Å²) in [6.45, 7) is 3.96. The lowest BCUT2D eigenvalue weighted by Crippen LogP contribution is -2.15. The molecule has 3 aromatic heterocycles. The average molecular weight is 243 g/mol. The number of aromatic nitrogens is 2. The van der Waals surface area contributed by atoms with Crippen LogP contribution in [0.2, 0.25) is 0 Å². The highest BCUT2D eigenvalue weighted by Crippen LogP contribution is 2.33. The molecule has 0 aromatic carbocycles. The molecule has 5 nitrogen and oxygen atoms in total. The number of rotatable bonds is 1. The highest BCUT2D eigenvalue weighted by molar-refractivity contribution is 6.03. The summed E-state index contributed by atoms with van der Waals surface area (Å²) in [7, 11) is 0. The van der Waals surface area contributed by atoms with Crippen molar-refractivity contribution in [2.24, 2.45) is 0 Å². The Kier molecular flexibility index (Phi) is 2.16. The molecular formula is C13H13N3O2. The molecule has 0 saturated heterocycles. The van der Waals surface area contributed by atoms with Gasteiger partial charge in [0, 0.05) is 18.0 Å². The lowest BCUT2D eigenvalue weighted by Gasteiger charge is -2.08. The van der Waals surface area contributed by atoms with Gasteiger partial charge in [0.1, 0.15) is 11.3 Å². The molecule has 0 aliphatic carbocycles. The normalized spacial score (nSPS) is 11.7. The van der Waals surface area contributed by atoms with E-state index in [0.717, 1.165) is 10.9 Å². The van der Waals surface area contributed by atoms with Crippen LogP contribution in [0.1, 0.15) is 25.3 Å². The Balaban J connectivity index is 2.59. The highest BCUT2D eigenvalue weighted by Gasteiger charge is 2.18.